The largest absolute Gasteiger partial charge is 0.507 e. The molecule has 1 aliphatic rings. The zero-order chi connectivity index (χ0) is 18.1. The zero-order valence-corrected chi connectivity index (χ0v) is 14.1. The highest BCUT2D eigenvalue weighted by Crippen LogP contribution is 2.29. The Hall–Kier alpha value is -3.28. The maximum atomic E-state index is 12.4. The van der Waals surface area contributed by atoms with Crippen LogP contribution < -0.4 is 10.9 Å². The van der Waals surface area contributed by atoms with Crippen LogP contribution in [0.2, 0.25) is 0 Å². The standard InChI is InChI=1S/C20H19N3O3/c24-18-8-4-2-6-14(18)20(26)23-22-19(25)12-9-10-17-15(11-12)13-5-1-3-7-16(13)21-17/h2,4,6,8-11,21,24H,1,3,5,7H2,(H,22,25)(H,23,26). The number of para-hydroxylation sites is 1. The van der Waals surface area contributed by atoms with Crippen LogP contribution in [0.15, 0.2) is 42.5 Å². The predicted octanol–water partition coefficient (Wildman–Crippen LogP) is 2.83. The van der Waals surface area contributed by atoms with E-state index in [-0.39, 0.29) is 11.3 Å². The summed E-state index contributed by atoms with van der Waals surface area (Å²) in [4.78, 5) is 27.9. The fourth-order valence-electron chi connectivity index (χ4n) is 3.47. The van der Waals surface area contributed by atoms with Crippen molar-refractivity contribution in [2.75, 3.05) is 0 Å². The van der Waals surface area contributed by atoms with Gasteiger partial charge in [0.15, 0.2) is 0 Å². The van der Waals surface area contributed by atoms with Crippen LogP contribution in [0.5, 0.6) is 5.75 Å². The van der Waals surface area contributed by atoms with E-state index >= 15 is 0 Å². The Morgan fingerprint density at radius 2 is 1.73 bits per heavy atom. The van der Waals surface area contributed by atoms with Crippen molar-refractivity contribution in [3.8, 4) is 5.75 Å². The van der Waals surface area contributed by atoms with Gasteiger partial charge in [-0.25, -0.2) is 0 Å². The van der Waals surface area contributed by atoms with Crippen LogP contribution >= 0.6 is 0 Å². The first-order chi connectivity index (χ1) is 12.6. The van der Waals surface area contributed by atoms with Crippen molar-refractivity contribution < 1.29 is 14.7 Å². The second-order valence-corrected chi connectivity index (χ2v) is 6.47. The van der Waals surface area contributed by atoms with E-state index in [1.807, 2.05) is 12.1 Å². The molecule has 0 radical (unpaired) electrons. The zero-order valence-electron chi connectivity index (χ0n) is 14.1. The molecule has 26 heavy (non-hydrogen) atoms. The Morgan fingerprint density at radius 1 is 0.962 bits per heavy atom. The van der Waals surface area contributed by atoms with Gasteiger partial charge in [-0.15, -0.1) is 0 Å². The van der Waals surface area contributed by atoms with E-state index in [1.165, 1.54) is 29.8 Å². The minimum atomic E-state index is -0.573. The number of benzene rings is 2. The molecule has 0 bridgehead atoms. The molecule has 3 aromatic rings. The summed E-state index contributed by atoms with van der Waals surface area (Å²) in [6.07, 6.45) is 4.41. The second-order valence-electron chi connectivity index (χ2n) is 6.47. The van der Waals surface area contributed by atoms with Crippen molar-refractivity contribution in [1.82, 2.24) is 15.8 Å². The van der Waals surface area contributed by atoms with E-state index in [9.17, 15) is 14.7 Å². The molecule has 0 saturated heterocycles. The molecule has 0 spiro atoms. The number of rotatable bonds is 2. The van der Waals surface area contributed by atoms with Gasteiger partial charge in [0.1, 0.15) is 5.75 Å². The number of fused-ring (bicyclic) bond motifs is 3. The second kappa shape index (κ2) is 6.55. The average Bonchev–Trinajstić information content (AvgIpc) is 3.04. The highest BCUT2D eigenvalue weighted by Gasteiger charge is 2.17. The van der Waals surface area contributed by atoms with Gasteiger partial charge in [0, 0.05) is 22.2 Å². The van der Waals surface area contributed by atoms with E-state index in [0.29, 0.717) is 5.56 Å². The van der Waals surface area contributed by atoms with Gasteiger partial charge in [-0.2, -0.15) is 0 Å². The van der Waals surface area contributed by atoms with Gasteiger partial charge in [-0.05, 0) is 61.6 Å². The van der Waals surface area contributed by atoms with E-state index in [2.05, 4.69) is 15.8 Å². The Labute approximate surface area is 150 Å². The molecule has 6 heteroatoms. The van der Waals surface area contributed by atoms with E-state index < -0.39 is 11.8 Å². The molecule has 4 rings (SSSR count). The molecule has 4 N–H and O–H groups in total. The molecule has 0 atom stereocenters. The third-order valence-electron chi connectivity index (χ3n) is 4.80. The number of amides is 2. The third-order valence-corrected chi connectivity index (χ3v) is 4.80. The molecule has 1 aromatic heterocycles. The Balaban J connectivity index is 1.51. The number of aryl methyl sites for hydroxylation is 2. The summed E-state index contributed by atoms with van der Waals surface area (Å²) in [5, 5.41) is 10.8. The number of aromatic amines is 1. The maximum absolute atomic E-state index is 12.4. The number of hydrazine groups is 1. The Bertz CT molecular complexity index is 1010. The van der Waals surface area contributed by atoms with E-state index in [4.69, 9.17) is 0 Å². The fraction of sp³-hybridized carbons (Fsp3) is 0.200. The first-order valence-corrected chi connectivity index (χ1v) is 8.65. The van der Waals surface area contributed by atoms with Crippen molar-refractivity contribution in [2.45, 2.75) is 25.7 Å². The van der Waals surface area contributed by atoms with Crippen molar-refractivity contribution in [2.24, 2.45) is 0 Å². The maximum Gasteiger partial charge on any atom is 0.273 e. The number of carbonyl (C=O) groups is 2. The molecule has 0 saturated carbocycles. The van der Waals surface area contributed by atoms with Gasteiger partial charge >= 0.3 is 0 Å². The number of aromatic hydroxyl groups is 1. The Kier molecular flexibility index (Phi) is 4.08. The smallest absolute Gasteiger partial charge is 0.273 e. The van der Waals surface area contributed by atoms with Crippen LogP contribution in [0, 0.1) is 0 Å². The van der Waals surface area contributed by atoms with Gasteiger partial charge in [0.2, 0.25) is 0 Å². The molecule has 0 fully saturated rings. The normalized spacial score (nSPS) is 13.2. The molecular weight excluding hydrogens is 330 g/mol. The van der Waals surface area contributed by atoms with Crippen LogP contribution in [-0.4, -0.2) is 21.9 Å². The number of hydrogen-bond donors (Lipinski definition) is 4. The predicted molar refractivity (Wildman–Crippen MR) is 98.0 cm³/mol. The number of carbonyl (C=O) groups excluding carboxylic acids is 2. The number of phenolic OH excluding ortho intramolecular Hbond substituents is 1. The monoisotopic (exact) mass is 349 g/mol. The van der Waals surface area contributed by atoms with Crippen molar-refractivity contribution in [3.05, 3.63) is 64.8 Å². The average molecular weight is 349 g/mol. The molecule has 6 nitrogen and oxygen atoms in total. The molecule has 2 aromatic carbocycles. The van der Waals surface area contributed by atoms with Gasteiger partial charge in [0.05, 0.1) is 5.56 Å². The van der Waals surface area contributed by atoms with E-state index in [0.717, 1.165) is 30.2 Å². The molecule has 1 heterocycles. The van der Waals surface area contributed by atoms with Gasteiger partial charge < -0.3 is 10.1 Å². The van der Waals surface area contributed by atoms with Gasteiger partial charge in [-0.3, -0.25) is 20.4 Å². The minimum Gasteiger partial charge on any atom is -0.507 e. The van der Waals surface area contributed by atoms with Crippen LogP contribution in [-0.2, 0) is 12.8 Å². The van der Waals surface area contributed by atoms with Gasteiger partial charge in [0.25, 0.3) is 11.8 Å². The van der Waals surface area contributed by atoms with Crippen LogP contribution in [0.3, 0.4) is 0 Å². The summed E-state index contributed by atoms with van der Waals surface area (Å²) in [6.45, 7) is 0. The highest BCUT2D eigenvalue weighted by atomic mass is 16.3. The summed E-state index contributed by atoms with van der Waals surface area (Å²) in [7, 11) is 0. The van der Waals surface area contributed by atoms with Gasteiger partial charge in [-0.1, -0.05) is 12.1 Å². The lowest BCUT2D eigenvalue weighted by Gasteiger charge is -2.11. The number of hydrogen-bond acceptors (Lipinski definition) is 3. The number of nitrogens with one attached hydrogen (secondary N) is 3. The Morgan fingerprint density at radius 3 is 2.58 bits per heavy atom. The summed E-state index contributed by atoms with van der Waals surface area (Å²) in [5.41, 5.74) is 8.90. The number of phenols is 1. The number of aromatic nitrogens is 1. The molecular formula is C20H19N3O3. The lowest BCUT2D eigenvalue weighted by atomic mass is 9.95. The summed E-state index contributed by atoms with van der Waals surface area (Å²) in [6, 6.07) is 11.6. The lowest BCUT2D eigenvalue weighted by Crippen LogP contribution is -2.41. The topological polar surface area (TPSA) is 94.2 Å². The SMILES string of the molecule is O=C(NNC(=O)c1ccccc1O)c1ccc2[nH]c3c(c2c1)CCCC3. The molecule has 0 aliphatic heterocycles. The first-order valence-electron chi connectivity index (χ1n) is 8.65. The van der Waals surface area contributed by atoms with Crippen molar-refractivity contribution >= 4 is 22.7 Å². The fourth-order valence-corrected chi connectivity index (χ4v) is 3.47. The van der Waals surface area contributed by atoms with E-state index in [1.54, 1.807) is 18.2 Å². The third kappa shape index (κ3) is 2.90. The molecule has 132 valence electrons. The quantitative estimate of drug-likeness (QED) is 0.536. The number of H-pyrrole nitrogens is 1. The first kappa shape index (κ1) is 16.2. The van der Waals surface area contributed by atoms with Crippen molar-refractivity contribution in [1.29, 1.82) is 0 Å². The van der Waals surface area contributed by atoms with Crippen LogP contribution in [0.25, 0.3) is 10.9 Å². The summed E-state index contributed by atoms with van der Waals surface area (Å²) >= 11 is 0. The lowest BCUT2D eigenvalue weighted by molar-refractivity contribution is 0.0845. The molecule has 1 aliphatic carbocycles. The summed E-state index contributed by atoms with van der Waals surface area (Å²) in [5.74, 6) is -1.11. The minimum absolute atomic E-state index is 0.1000. The molecule has 2 amide bonds. The summed E-state index contributed by atoms with van der Waals surface area (Å²) < 4.78 is 0. The van der Waals surface area contributed by atoms with Crippen molar-refractivity contribution in [3.63, 3.8) is 0 Å². The van der Waals surface area contributed by atoms with Crippen LogP contribution in [0.4, 0.5) is 0 Å². The van der Waals surface area contributed by atoms with Crippen LogP contribution in [0.1, 0.15) is 44.8 Å². The molecule has 0 unspecified atom stereocenters. The highest BCUT2D eigenvalue weighted by molar-refractivity contribution is 6.02.